The Labute approximate surface area is 204 Å². The molecule has 1 fully saturated rings. The molecule has 0 bridgehead atoms. The Hall–Kier alpha value is -2.69. The molecule has 0 aromatic heterocycles. The Morgan fingerprint density at radius 2 is 1.55 bits per heavy atom. The van der Waals surface area contributed by atoms with E-state index in [0.717, 1.165) is 17.0 Å². The third kappa shape index (κ3) is 5.29. The number of carbonyl (C=O) groups excluding carboxylic acids is 1. The Morgan fingerprint density at radius 1 is 0.848 bits per heavy atom. The van der Waals surface area contributed by atoms with Crippen LogP contribution in [0.3, 0.4) is 0 Å². The lowest BCUT2D eigenvalue weighted by Gasteiger charge is -2.16. The molecule has 1 aliphatic rings. The number of carbonyl (C=O) groups is 1. The second kappa shape index (κ2) is 9.66. The number of rotatable bonds is 8. The molecular formula is C29H27NOS2. The van der Waals surface area contributed by atoms with Crippen LogP contribution in [0, 0.1) is 0 Å². The van der Waals surface area contributed by atoms with Gasteiger partial charge in [-0.15, -0.1) is 23.5 Å². The molecular weight excluding hydrogens is 442 g/mol. The Kier molecular flexibility index (Phi) is 6.48. The molecule has 33 heavy (non-hydrogen) atoms. The van der Waals surface area contributed by atoms with Crippen molar-refractivity contribution in [3.63, 3.8) is 0 Å². The molecule has 0 radical (unpaired) electrons. The highest BCUT2D eigenvalue weighted by Crippen LogP contribution is 2.59. The molecule has 1 amide bonds. The molecule has 2 nitrogen and oxygen atoms in total. The van der Waals surface area contributed by atoms with Crippen LogP contribution in [-0.4, -0.2) is 11.7 Å². The third-order valence-corrected chi connectivity index (χ3v) is 8.45. The molecule has 4 aromatic rings. The van der Waals surface area contributed by atoms with E-state index >= 15 is 0 Å². The summed E-state index contributed by atoms with van der Waals surface area (Å²) in [5, 5.41) is 5.62. The number of hydrogen-bond donors (Lipinski definition) is 1. The van der Waals surface area contributed by atoms with Gasteiger partial charge in [0.25, 0.3) is 0 Å². The van der Waals surface area contributed by atoms with Crippen molar-refractivity contribution in [3.8, 4) is 0 Å². The van der Waals surface area contributed by atoms with Gasteiger partial charge in [0.1, 0.15) is 0 Å². The quantitative estimate of drug-likeness (QED) is 0.266. The number of nitrogens with one attached hydrogen (secondary N) is 1. The minimum Gasteiger partial charge on any atom is -0.326 e. The molecule has 166 valence electrons. The van der Waals surface area contributed by atoms with Gasteiger partial charge in [0, 0.05) is 20.2 Å². The SMILES string of the molecule is CCSc1ccc(CC(=O)Nc2ccc(C3(Sc4ccc5ccccc5c4)CC3)cc2)cc1. The summed E-state index contributed by atoms with van der Waals surface area (Å²) in [6.45, 7) is 2.14. The Balaban J connectivity index is 1.22. The second-order valence-corrected chi connectivity index (χ2v) is 11.3. The van der Waals surface area contributed by atoms with Crippen LogP contribution in [0.25, 0.3) is 10.8 Å². The summed E-state index contributed by atoms with van der Waals surface area (Å²) in [7, 11) is 0. The van der Waals surface area contributed by atoms with Crippen molar-refractivity contribution in [1.29, 1.82) is 0 Å². The van der Waals surface area contributed by atoms with Gasteiger partial charge in [-0.25, -0.2) is 0 Å². The summed E-state index contributed by atoms with van der Waals surface area (Å²) in [5.41, 5.74) is 3.23. The minimum atomic E-state index is 0.0188. The summed E-state index contributed by atoms with van der Waals surface area (Å²) >= 11 is 3.77. The molecule has 1 saturated carbocycles. The number of benzene rings is 4. The second-order valence-electron chi connectivity index (χ2n) is 8.48. The van der Waals surface area contributed by atoms with Crippen LogP contribution < -0.4 is 5.32 Å². The van der Waals surface area contributed by atoms with Gasteiger partial charge < -0.3 is 5.32 Å². The lowest BCUT2D eigenvalue weighted by molar-refractivity contribution is -0.115. The predicted octanol–water partition coefficient (Wildman–Crippen LogP) is 7.91. The maximum absolute atomic E-state index is 12.5. The standard InChI is InChI=1S/C29H27NOS2/c1-2-32-26-14-7-21(8-15-26)19-28(31)30-25-12-10-24(11-13-25)29(17-18-29)33-27-16-9-22-5-3-4-6-23(22)20-27/h3-16,20H,2,17-19H2,1H3,(H,30,31). The van der Waals surface area contributed by atoms with E-state index in [9.17, 15) is 4.79 Å². The van der Waals surface area contributed by atoms with Crippen LogP contribution in [0.15, 0.2) is 101 Å². The molecule has 0 atom stereocenters. The molecule has 0 aliphatic heterocycles. The average molecular weight is 470 g/mol. The molecule has 5 rings (SSSR count). The van der Waals surface area contributed by atoms with E-state index in [1.165, 1.54) is 39.0 Å². The predicted molar refractivity (Wildman–Crippen MR) is 142 cm³/mol. The highest BCUT2D eigenvalue weighted by Gasteiger charge is 2.45. The van der Waals surface area contributed by atoms with Gasteiger partial charge >= 0.3 is 0 Å². The third-order valence-electron chi connectivity index (χ3n) is 6.03. The van der Waals surface area contributed by atoms with Crippen molar-refractivity contribution >= 4 is 45.9 Å². The van der Waals surface area contributed by atoms with Crippen LogP contribution in [0.2, 0.25) is 0 Å². The largest absolute Gasteiger partial charge is 0.326 e. The summed E-state index contributed by atoms with van der Waals surface area (Å²) < 4.78 is 0.156. The summed E-state index contributed by atoms with van der Waals surface area (Å²) in [6.07, 6.45) is 2.76. The zero-order valence-electron chi connectivity index (χ0n) is 18.7. The molecule has 4 heteroatoms. The van der Waals surface area contributed by atoms with Gasteiger partial charge in [0.2, 0.25) is 5.91 Å². The normalized spacial score (nSPS) is 14.2. The van der Waals surface area contributed by atoms with E-state index in [1.54, 1.807) is 0 Å². The topological polar surface area (TPSA) is 29.1 Å². The summed E-state index contributed by atoms with van der Waals surface area (Å²) in [5.74, 6) is 1.07. The van der Waals surface area contributed by atoms with Crippen LogP contribution in [0.5, 0.6) is 0 Å². The van der Waals surface area contributed by atoms with Crippen molar-refractivity contribution in [2.45, 2.75) is 40.7 Å². The van der Waals surface area contributed by atoms with Crippen LogP contribution in [0.1, 0.15) is 30.9 Å². The summed E-state index contributed by atoms with van der Waals surface area (Å²) in [6, 6.07) is 31.9. The zero-order chi connectivity index (χ0) is 22.7. The summed E-state index contributed by atoms with van der Waals surface area (Å²) in [4.78, 5) is 15.1. The van der Waals surface area contributed by atoms with Crippen LogP contribution >= 0.6 is 23.5 Å². The lowest BCUT2D eigenvalue weighted by Crippen LogP contribution is -2.14. The molecule has 0 saturated heterocycles. The van der Waals surface area contributed by atoms with E-state index in [2.05, 4.69) is 79.0 Å². The number of anilines is 1. The number of amides is 1. The van der Waals surface area contributed by atoms with Crippen LogP contribution in [0.4, 0.5) is 5.69 Å². The van der Waals surface area contributed by atoms with Gasteiger partial charge in [0.15, 0.2) is 0 Å². The molecule has 0 unspecified atom stereocenters. The van der Waals surface area contributed by atoms with E-state index in [4.69, 9.17) is 0 Å². The first kappa shape index (κ1) is 22.1. The first-order valence-electron chi connectivity index (χ1n) is 11.4. The zero-order valence-corrected chi connectivity index (χ0v) is 20.3. The molecule has 0 spiro atoms. The Bertz CT molecular complexity index is 1260. The van der Waals surface area contributed by atoms with Gasteiger partial charge in [0.05, 0.1) is 6.42 Å². The van der Waals surface area contributed by atoms with Crippen molar-refractivity contribution in [1.82, 2.24) is 0 Å². The van der Waals surface area contributed by atoms with E-state index in [-0.39, 0.29) is 10.7 Å². The van der Waals surface area contributed by atoms with Crippen molar-refractivity contribution in [2.24, 2.45) is 0 Å². The minimum absolute atomic E-state index is 0.0188. The first-order chi connectivity index (χ1) is 16.1. The maximum atomic E-state index is 12.5. The highest BCUT2D eigenvalue weighted by molar-refractivity contribution is 8.00. The molecule has 0 heterocycles. The number of thioether (sulfide) groups is 2. The van der Waals surface area contributed by atoms with E-state index in [0.29, 0.717) is 6.42 Å². The van der Waals surface area contributed by atoms with Gasteiger partial charge in [-0.1, -0.05) is 61.5 Å². The molecule has 1 aliphatic carbocycles. The fourth-order valence-corrected chi connectivity index (χ4v) is 6.13. The van der Waals surface area contributed by atoms with Gasteiger partial charge in [-0.2, -0.15) is 0 Å². The highest BCUT2D eigenvalue weighted by atomic mass is 32.2. The fraction of sp³-hybridized carbons (Fsp3) is 0.207. The first-order valence-corrected chi connectivity index (χ1v) is 13.2. The monoisotopic (exact) mass is 469 g/mol. The maximum Gasteiger partial charge on any atom is 0.228 e. The van der Waals surface area contributed by atoms with E-state index < -0.39 is 0 Å². The Morgan fingerprint density at radius 3 is 2.24 bits per heavy atom. The van der Waals surface area contributed by atoms with E-state index in [1.807, 2.05) is 47.8 Å². The molecule has 1 N–H and O–H groups in total. The van der Waals surface area contributed by atoms with Crippen molar-refractivity contribution in [3.05, 3.63) is 102 Å². The average Bonchev–Trinajstić information content (AvgIpc) is 3.61. The van der Waals surface area contributed by atoms with Gasteiger partial charge in [-0.05, 0) is 76.9 Å². The van der Waals surface area contributed by atoms with Gasteiger partial charge in [-0.3, -0.25) is 4.79 Å². The smallest absolute Gasteiger partial charge is 0.228 e. The van der Waals surface area contributed by atoms with Crippen molar-refractivity contribution in [2.75, 3.05) is 11.1 Å². The lowest BCUT2D eigenvalue weighted by atomic mass is 10.1. The molecule has 4 aromatic carbocycles. The van der Waals surface area contributed by atoms with Crippen molar-refractivity contribution < 1.29 is 4.79 Å². The number of hydrogen-bond acceptors (Lipinski definition) is 3. The number of fused-ring (bicyclic) bond motifs is 1. The fourth-order valence-electron chi connectivity index (χ4n) is 4.14. The van der Waals surface area contributed by atoms with Crippen LogP contribution in [-0.2, 0) is 16.0 Å².